The molecule has 30 heavy (non-hydrogen) atoms. The molecule has 2 heterocycles. The first-order valence-electron chi connectivity index (χ1n) is 9.89. The smallest absolute Gasteiger partial charge is 0.330 e. The molecule has 1 atom stereocenters. The molecule has 1 saturated heterocycles. The second-order valence-corrected chi connectivity index (χ2v) is 8.87. The van der Waals surface area contributed by atoms with Crippen molar-refractivity contribution in [3.8, 4) is 0 Å². The van der Waals surface area contributed by atoms with Crippen LogP contribution in [0.1, 0.15) is 31.5 Å². The Morgan fingerprint density at radius 3 is 2.80 bits per heavy atom. The van der Waals surface area contributed by atoms with Gasteiger partial charge in [0.05, 0.1) is 23.2 Å². The molecule has 1 N–H and O–H groups in total. The fourth-order valence-electron chi connectivity index (χ4n) is 3.38. The molecule has 1 aliphatic rings. The van der Waals surface area contributed by atoms with Crippen LogP contribution in [0.5, 0.6) is 0 Å². The predicted molar refractivity (Wildman–Crippen MR) is 109 cm³/mol. The molecule has 2 aromatic rings. The Balaban J connectivity index is 1.90. The molecule has 0 radical (unpaired) electrons. The number of carbonyl (C=O) groups excluding carboxylic acids is 1. The van der Waals surface area contributed by atoms with Gasteiger partial charge in [0.25, 0.3) is 0 Å². The van der Waals surface area contributed by atoms with Crippen LogP contribution in [0.2, 0.25) is 0 Å². The zero-order chi connectivity index (χ0) is 21.6. The summed E-state index contributed by atoms with van der Waals surface area (Å²) in [6, 6.07) is 7.79. The number of hydrogen-bond acceptors (Lipinski definition) is 7. The minimum atomic E-state index is -3.68. The van der Waals surface area contributed by atoms with Gasteiger partial charge in [-0.25, -0.2) is 17.9 Å². The Kier molecular flexibility index (Phi) is 7.35. The van der Waals surface area contributed by atoms with E-state index in [1.807, 2.05) is 0 Å². The van der Waals surface area contributed by atoms with Crippen LogP contribution < -0.4 is 0 Å². The van der Waals surface area contributed by atoms with Crippen molar-refractivity contribution in [2.45, 2.75) is 37.1 Å². The molecule has 0 spiro atoms. The number of ether oxygens (including phenoxy) is 1. The van der Waals surface area contributed by atoms with E-state index in [0.717, 1.165) is 5.57 Å². The van der Waals surface area contributed by atoms with E-state index in [1.54, 1.807) is 48.1 Å². The summed E-state index contributed by atoms with van der Waals surface area (Å²) < 4.78 is 34.2. The van der Waals surface area contributed by atoms with E-state index in [2.05, 4.69) is 10.3 Å². The molecule has 0 amide bonds. The van der Waals surface area contributed by atoms with Gasteiger partial charge in [-0.3, -0.25) is 0 Å². The SMILES string of the molecule is CCOC(=O)/C=C1\CCN(S(=O)(=O)c2ccccc2)CC1n1cc(CCCO)nn1. The summed E-state index contributed by atoms with van der Waals surface area (Å²) in [6.45, 7) is 2.42. The maximum atomic E-state index is 13.1. The van der Waals surface area contributed by atoms with Crippen molar-refractivity contribution in [2.24, 2.45) is 0 Å². The van der Waals surface area contributed by atoms with Crippen LogP contribution in [0.3, 0.4) is 0 Å². The average molecular weight is 435 g/mol. The fraction of sp³-hybridized carbons (Fsp3) is 0.450. The molecular formula is C20H26N4O5S. The first-order chi connectivity index (χ1) is 14.5. The number of esters is 1. The molecule has 10 heteroatoms. The van der Waals surface area contributed by atoms with E-state index < -0.39 is 22.0 Å². The number of carbonyl (C=O) groups is 1. The molecule has 1 aromatic carbocycles. The topological polar surface area (TPSA) is 115 Å². The molecule has 1 aliphatic heterocycles. The quantitative estimate of drug-likeness (QED) is 0.492. The van der Waals surface area contributed by atoms with Gasteiger partial charge in [-0.05, 0) is 43.9 Å². The zero-order valence-electron chi connectivity index (χ0n) is 16.8. The maximum absolute atomic E-state index is 13.1. The molecule has 0 bridgehead atoms. The molecule has 3 rings (SSSR count). The average Bonchev–Trinajstić information content (AvgIpc) is 3.22. The Labute approximate surface area is 176 Å². The minimum Gasteiger partial charge on any atom is -0.463 e. The molecule has 1 unspecified atom stereocenters. The Hall–Kier alpha value is -2.56. The maximum Gasteiger partial charge on any atom is 0.330 e. The highest BCUT2D eigenvalue weighted by Crippen LogP contribution is 2.30. The second-order valence-electron chi connectivity index (χ2n) is 6.93. The third kappa shape index (κ3) is 5.13. The normalized spacial score (nSPS) is 19.1. The summed E-state index contributed by atoms with van der Waals surface area (Å²) in [5, 5.41) is 17.3. The van der Waals surface area contributed by atoms with Gasteiger partial charge in [0, 0.05) is 32.0 Å². The fourth-order valence-corrected chi connectivity index (χ4v) is 4.85. The summed E-state index contributed by atoms with van der Waals surface area (Å²) in [5.74, 6) is -0.461. The largest absolute Gasteiger partial charge is 0.463 e. The van der Waals surface area contributed by atoms with Crippen LogP contribution in [0.15, 0.2) is 53.1 Å². The third-order valence-electron chi connectivity index (χ3n) is 4.89. The van der Waals surface area contributed by atoms with Crippen molar-refractivity contribution in [3.63, 3.8) is 0 Å². The number of aliphatic hydroxyl groups is 1. The van der Waals surface area contributed by atoms with Crippen molar-refractivity contribution < 1.29 is 23.1 Å². The van der Waals surface area contributed by atoms with Gasteiger partial charge in [0.2, 0.25) is 10.0 Å². The number of piperidine rings is 1. The van der Waals surface area contributed by atoms with E-state index >= 15 is 0 Å². The lowest BCUT2D eigenvalue weighted by Gasteiger charge is -2.33. The monoisotopic (exact) mass is 434 g/mol. The number of benzene rings is 1. The van der Waals surface area contributed by atoms with Gasteiger partial charge < -0.3 is 9.84 Å². The summed E-state index contributed by atoms with van der Waals surface area (Å²) in [4.78, 5) is 12.3. The molecule has 1 aromatic heterocycles. The number of aryl methyl sites for hydroxylation is 1. The highest BCUT2D eigenvalue weighted by molar-refractivity contribution is 7.89. The van der Waals surface area contributed by atoms with Gasteiger partial charge >= 0.3 is 5.97 Å². The van der Waals surface area contributed by atoms with Crippen molar-refractivity contribution in [2.75, 3.05) is 26.3 Å². The van der Waals surface area contributed by atoms with Crippen molar-refractivity contribution in [1.82, 2.24) is 19.3 Å². The number of aliphatic hydroxyl groups excluding tert-OH is 1. The van der Waals surface area contributed by atoms with Crippen molar-refractivity contribution in [3.05, 3.63) is 53.9 Å². The molecule has 9 nitrogen and oxygen atoms in total. The van der Waals surface area contributed by atoms with E-state index in [9.17, 15) is 13.2 Å². The molecule has 0 aliphatic carbocycles. The van der Waals surface area contributed by atoms with Gasteiger partial charge in [-0.15, -0.1) is 5.10 Å². The Morgan fingerprint density at radius 1 is 1.33 bits per heavy atom. The summed E-state index contributed by atoms with van der Waals surface area (Å²) >= 11 is 0. The number of aromatic nitrogens is 3. The molecule has 0 saturated carbocycles. The van der Waals surface area contributed by atoms with Crippen LogP contribution >= 0.6 is 0 Å². The first kappa shape index (κ1) is 22.1. The number of sulfonamides is 1. The number of hydrogen-bond donors (Lipinski definition) is 1. The Morgan fingerprint density at radius 2 is 2.10 bits per heavy atom. The van der Waals surface area contributed by atoms with Crippen LogP contribution in [0.25, 0.3) is 0 Å². The van der Waals surface area contributed by atoms with Crippen molar-refractivity contribution >= 4 is 16.0 Å². The summed E-state index contributed by atoms with van der Waals surface area (Å²) in [7, 11) is -3.68. The van der Waals surface area contributed by atoms with Gasteiger partial charge in [0.15, 0.2) is 0 Å². The molecule has 162 valence electrons. The van der Waals surface area contributed by atoms with Crippen LogP contribution in [-0.4, -0.2) is 65.1 Å². The van der Waals surface area contributed by atoms with Crippen LogP contribution in [0.4, 0.5) is 0 Å². The lowest BCUT2D eigenvalue weighted by molar-refractivity contribution is -0.137. The minimum absolute atomic E-state index is 0.0490. The predicted octanol–water partition coefficient (Wildman–Crippen LogP) is 1.33. The second kappa shape index (κ2) is 9.96. The van der Waals surface area contributed by atoms with E-state index in [1.165, 1.54) is 10.4 Å². The summed E-state index contributed by atoms with van der Waals surface area (Å²) in [5.41, 5.74) is 1.44. The van der Waals surface area contributed by atoms with E-state index in [-0.39, 0.29) is 31.2 Å². The number of rotatable bonds is 8. The molecule has 1 fully saturated rings. The zero-order valence-corrected chi connectivity index (χ0v) is 17.7. The van der Waals surface area contributed by atoms with Gasteiger partial charge in [-0.2, -0.15) is 4.31 Å². The number of nitrogens with zero attached hydrogens (tertiary/aromatic N) is 4. The lowest BCUT2D eigenvalue weighted by atomic mass is 9.99. The third-order valence-corrected chi connectivity index (χ3v) is 6.77. The van der Waals surface area contributed by atoms with Crippen LogP contribution in [0, 0.1) is 0 Å². The lowest BCUT2D eigenvalue weighted by Crippen LogP contribution is -2.42. The highest BCUT2D eigenvalue weighted by atomic mass is 32.2. The van der Waals surface area contributed by atoms with Crippen molar-refractivity contribution in [1.29, 1.82) is 0 Å². The molecular weight excluding hydrogens is 408 g/mol. The first-order valence-corrected chi connectivity index (χ1v) is 11.3. The van der Waals surface area contributed by atoms with E-state index in [4.69, 9.17) is 9.84 Å². The van der Waals surface area contributed by atoms with Crippen LogP contribution in [-0.2, 0) is 26.0 Å². The Bertz CT molecular complexity index is 988. The van der Waals surface area contributed by atoms with Gasteiger partial charge in [-0.1, -0.05) is 23.4 Å². The standard InChI is InChI=1S/C20H26N4O5S/c1-2-29-20(26)13-16-10-11-23(30(27,28)18-8-4-3-5-9-18)15-19(16)24-14-17(21-22-24)7-6-12-25/h3-5,8-9,13-14,19,25H,2,6-7,10-12,15H2,1H3/b16-13+. The highest BCUT2D eigenvalue weighted by Gasteiger charge is 2.34. The summed E-state index contributed by atoms with van der Waals surface area (Å²) in [6.07, 6.45) is 4.66. The van der Waals surface area contributed by atoms with Gasteiger partial charge in [0.1, 0.15) is 0 Å². The van der Waals surface area contributed by atoms with E-state index in [0.29, 0.717) is 25.0 Å².